The van der Waals surface area contributed by atoms with E-state index in [0.717, 1.165) is 37.3 Å². The predicted octanol–water partition coefficient (Wildman–Crippen LogP) is 1.79. The van der Waals surface area contributed by atoms with Gasteiger partial charge in [0.25, 0.3) is 0 Å². The molecule has 5 heteroatoms. The van der Waals surface area contributed by atoms with Gasteiger partial charge in [0, 0.05) is 30.6 Å². The van der Waals surface area contributed by atoms with Crippen LogP contribution in [-0.2, 0) is 4.79 Å². The normalized spacial score (nSPS) is 32.6. The van der Waals surface area contributed by atoms with Crippen molar-refractivity contribution in [1.29, 1.82) is 0 Å². The smallest absolute Gasteiger partial charge is 0.223 e. The Morgan fingerprint density at radius 1 is 1.20 bits per heavy atom. The molecule has 4 nitrogen and oxygen atoms in total. The summed E-state index contributed by atoms with van der Waals surface area (Å²) >= 11 is 5.53. The summed E-state index contributed by atoms with van der Waals surface area (Å²) in [7, 11) is 0. The molecule has 2 saturated heterocycles. The summed E-state index contributed by atoms with van der Waals surface area (Å²) in [5.74, 6) is 0.603. The van der Waals surface area contributed by atoms with Gasteiger partial charge in [-0.05, 0) is 64.1 Å². The molecule has 0 radical (unpaired) electrons. The monoisotopic (exact) mass is 295 g/mol. The average molecular weight is 295 g/mol. The largest absolute Gasteiger partial charge is 0.363 e. The van der Waals surface area contributed by atoms with Crippen LogP contribution in [0, 0.1) is 5.92 Å². The highest BCUT2D eigenvalue weighted by Crippen LogP contribution is 2.35. The third-order valence-electron chi connectivity index (χ3n) is 4.83. The second-order valence-electron chi connectivity index (χ2n) is 6.43. The minimum atomic E-state index is 0.288. The topological polar surface area (TPSA) is 44.4 Å². The van der Waals surface area contributed by atoms with Crippen LogP contribution in [0.15, 0.2) is 0 Å². The lowest BCUT2D eigenvalue weighted by atomic mass is 9.82. The van der Waals surface area contributed by atoms with Crippen LogP contribution in [0.3, 0.4) is 0 Å². The van der Waals surface area contributed by atoms with Crippen LogP contribution >= 0.6 is 12.2 Å². The molecule has 0 aromatic carbocycles. The van der Waals surface area contributed by atoms with Crippen molar-refractivity contribution >= 4 is 23.2 Å². The number of hydrogen-bond acceptors (Lipinski definition) is 2. The van der Waals surface area contributed by atoms with E-state index < -0.39 is 0 Å². The highest BCUT2D eigenvalue weighted by atomic mass is 32.1. The summed E-state index contributed by atoms with van der Waals surface area (Å²) < 4.78 is 0. The Morgan fingerprint density at radius 2 is 1.85 bits per heavy atom. The highest BCUT2D eigenvalue weighted by Gasteiger charge is 2.41. The predicted molar refractivity (Wildman–Crippen MR) is 83.4 cm³/mol. The van der Waals surface area contributed by atoms with Gasteiger partial charge in [-0.1, -0.05) is 0 Å². The number of nitrogens with one attached hydrogen (secondary N) is 2. The van der Waals surface area contributed by atoms with Crippen LogP contribution in [0.25, 0.3) is 0 Å². The molecule has 0 aromatic rings. The number of carbonyl (C=O) groups excluding carboxylic acids is 1. The molecule has 1 amide bonds. The summed E-state index contributed by atoms with van der Waals surface area (Å²) in [5, 5.41) is 7.48. The number of carbonyl (C=O) groups is 1. The third-order valence-corrected chi connectivity index (χ3v) is 5.19. The maximum absolute atomic E-state index is 11.9. The Kier molecular flexibility index (Phi) is 4.15. The van der Waals surface area contributed by atoms with Gasteiger partial charge in [-0.2, -0.15) is 0 Å². The summed E-state index contributed by atoms with van der Waals surface area (Å²) in [6, 6.07) is 1.39. The fourth-order valence-electron chi connectivity index (χ4n) is 3.74. The van der Waals surface area contributed by atoms with Crippen molar-refractivity contribution in [3.8, 4) is 0 Å². The van der Waals surface area contributed by atoms with Gasteiger partial charge in [0.2, 0.25) is 5.91 Å². The minimum absolute atomic E-state index is 0.288. The molecule has 0 aromatic heterocycles. The number of rotatable bonds is 3. The van der Waals surface area contributed by atoms with E-state index in [1.807, 2.05) is 0 Å². The van der Waals surface area contributed by atoms with Gasteiger partial charge >= 0.3 is 0 Å². The van der Waals surface area contributed by atoms with Gasteiger partial charge in [0.05, 0.1) is 0 Å². The van der Waals surface area contributed by atoms with Gasteiger partial charge in [-0.3, -0.25) is 4.79 Å². The van der Waals surface area contributed by atoms with Crippen molar-refractivity contribution in [3.05, 3.63) is 0 Å². The van der Waals surface area contributed by atoms with Crippen molar-refractivity contribution in [1.82, 2.24) is 15.5 Å². The molecule has 112 valence electrons. The van der Waals surface area contributed by atoms with Crippen LogP contribution in [0.1, 0.15) is 51.9 Å². The summed E-state index contributed by atoms with van der Waals surface area (Å²) in [6.07, 6.45) is 7.99. The molecule has 3 aliphatic rings. The average Bonchev–Trinajstić information content (AvgIpc) is 3.22. The number of nitrogens with zero attached hydrogens (tertiary/aromatic N) is 1. The quantitative estimate of drug-likeness (QED) is 0.779. The van der Waals surface area contributed by atoms with Crippen LogP contribution < -0.4 is 10.6 Å². The molecule has 1 aliphatic carbocycles. The Hall–Kier alpha value is -0.840. The van der Waals surface area contributed by atoms with E-state index in [9.17, 15) is 4.79 Å². The summed E-state index contributed by atoms with van der Waals surface area (Å²) in [5.41, 5.74) is 0. The van der Waals surface area contributed by atoms with Crippen LogP contribution in [-0.4, -0.2) is 40.6 Å². The molecule has 2 atom stereocenters. The number of fused-ring (bicyclic) bond motifs is 2. The van der Waals surface area contributed by atoms with E-state index in [1.54, 1.807) is 0 Å². The van der Waals surface area contributed by atoms with Gasteiger partial charge in [0.1, 0.15) is 0 Å². The molecule has 20 heavy (non-hydrogen) atoms. The molecule has 2 N–H and O–H groups in total. The lowest BCUT2D eigenvalue weighted by molar-refractivity contribution is -0.123. The van der Waals surface area contributed by atoms with Crippen molar-refractivity contribution in [2.24, 2.45) is 5.92 Å². The lowest BCUT2D eigenvalue weighted by Gasteiger charge is -2.50. The number of piperidine rings is 2. The first-order valence-electron chi connectivity index (χ1n) is 8.05. The summed E-state index contributed by atoms with van der Waals surface area (Å²) in [6.45, 7) is 2.97. The Labute approximate surface area is 126 Å². The highest BCUT2D eigenvalue weighted by molar-refractivity contribution is 7.80. The van der Waals surface area contributed by atoms with E-state index >= 15 is 0 Å². The van der Waals surface area contributed by atoms with E-state index in [2.05, 4.69) is 22.5 Å². The zero-order chi connectivity index (χ0) is 14.1. The van der Waals surface area contributed by atoms with Crippen molar-refractivity contribution in [3.63, 3.8) is 0 Å². The van der Waals surface area contributed by atoms with Crippen LogP contribution in [0.5, 0.6) is 0 Å². The number of amides is 1. The van der Waals surface area contributed by atoms with E-state index in [1.165, 1.54) is 19.3 Å². The molecule has 3 rings (SSSR count). The first kappa shape index (κ1) is 14.1. The first-order valence-corrected chi connectivity index (χ1v) is 8.46. The van der Waals surface area contributed by atoms with Crippen molar-refractivity contribution in [2.45, 2.75) is 70.0 Å². The van der Waals surface area contributed by atoms with Crippen LogP contribution in [0.2, 0.25) is 0 Å². The molecular weight excluding hydrogens is 270 g/mol. The molecule has 2 aliphatic heterocycles. The second kappa shape index (κ2) is 5.88. The van der Waals surface area contributed by atoms with Gasteiger partial charge < -0.3 is 15.5 Å². The van der Waals surface area contributed by atoms with Crippen molar-refractivity contribution < 1.29 is 4.79 Å². The number of hydrogen-bond donors (Lipinski definition) is 2. The zero-order valence-corrected chi connectivity index (χ0v) is 13.0. The fourth-order valence-corrected chi connectivity index (χ4v) is 4.18. The third kappa shape index (κ3) is 2.92. The van der Waals surface area contributed by atoms with Crippen molar-refractivity contribution in [2.75, 3.05) is 6.54 Å². The molecule has 2 bridgehead atoms. The lowest BCUT2D eigenvalue weighted by Crippen LogP contribution is -2.60. The molecular formula is C15H25N3OS. The van der Waals surface area contributed by atoms with Gasteiger partial charge in [0.15, 0.2) is 5.11 Å². The van der Waals surface area contributed by atoms with E-state index in [-0.39, 0.29) is 5.91 Å². The standard InChI is InChI=1S/C15H25N3OS/c1-2-16-15(20)18-12-4-3-5-13(18)9-11(8-12)17-14(19)10-6-7-10/h10-13H,2-9H2,1H3,(H,16,20)(H,17,19). The van der Waals surface area contributed by atoms with Crippen LogP contribution in [0.4, 0.5) is 0 Å². The first-order chi connectivity index (χ1) is 9.69. The minimum Gasteiger partial charge on any atom is -0.363 e. The maximum Gasteiger partial charge on any atom is 0.223 e. The molecule has 2 heterocycles. The molecule has 2 unspecified atom stereocenters. The Morgan fingerprint density at radius 3 is 2.40 bits per heavy atom. The fraction of sp³-hybridized carbons (Fsp3) is 0.867. The van der Waals surface area contributed by atoms with Gasteiger partial charge in [-0.25, -0.2) is 0 Å². The van der Waals surface area contributed by atoms with E-state index in [0.29, 0.717) is 24.0 Å². The summed E-state index contributed by atoms with van der Waals surface area (Å²) in [4.78, 5) is 14.4. The SMILES string of the molecule is CCNC(=S)N1C2CCCC1CC(NC(=O)C1CC1)C2. The van der Waals surface area contributed by atoms with E-state index in [4.69, 9.17) is 12.2 Å². The second-order valence-corrected chi connectivity index (χ2v) is 6.82. The van der Waals surface area contributed by atoms with Gasteiger partial charge in [-0.15, -0.1) is 0 Å². The Balaban J connectivity index is 1.62. The molecule has 3 fully saturated rings. The number of thiocarbonyl (C=S) groups is 1. The molecule has 0 spiro atoms. The maximum atomic E-state index is 11.9. The Bertz CT molecular complexity index is 383. The zero-order valence-electron chi connectivity index (χ0n) is 12.2. The molecule has 1 saturated carbocycles.